The fourth-order valence-electron chi connectivity index (χ4n) is 2.61. The Morgan fingerprint density at radius 3 is 2.57 bits per heavy atom. The van der Waals surface area contributed by atoms with Crippen LogP contribution in [0.25, 0.3) is 10.6 Å². The van der Waals surface area contributed by atoms with E-state index < -0.39 is 0 Å². The molecule has 2 aromatic carbocycles. The van der Waals surface area contributed by atoms with Gasteiger partial charge in [0, 0.05) is 29.2 Å². The predicted molar refractivity (Wildman–Crippen MR) is 116 cm³/mol. The molecule has 7 heteroatoms. The Kier molecular flexibility index (Phi) is 6.86. The fraction of sp³-hybridized carbons (Fsp3) is 0.238. The third kappa shape index (κ3) is 5.01. The van der Waals surface area contributed by atoms with Crippen LogP contribution < -0.4 is 20.1 Å². The minimum atomic E-state index is 0.492. The number of hydrogen-bond acceptors (Lipinski definition) is 5. The largest absolute Gasteiger partial charge is 0.493 e. The van der Waals surface area contributed by atoms with Crippen LogP contribution in [0.2, 0.25) is 0 Å². The fourth-order valence-corrected chi connectivity index (χ4v) is 3.43. The number of benzene rings is 2. The highest BCUT2D eigenvalue weighted by atomic mass is 32.1. The van der Waals surface area contributed by atoms with Gasteiger partial charge < -0.3 is 20.1 Å². The van der Waals surface area contributed by atoms with Crippen molar-refractivity contribution in [1.29, 1.82) is 0 Å². The van der Waals surface area contributed by atoms with Gasteiger partial charge in [0.25, 0.3) is 0 Å². The van der Waals surface area contributed by atoms with Crippen LogP contribution in [0.5, 0.6) is 11.5 Å². The molecule has 0 bridgehead atoms. The van der Waals surface area contributed by atoms with E-state index in [0.29, 0.717) is 24.0 Å². The molecule has 0 saturated carbocycles. The van der Waals surface area contributed by atoms with E-state index in [0.717, 1.165) is 28.5 Å². The second-order valence-electron chi connectivity index (χ2n) is 5.90. The number of rotatable bonds is 7. The molecule has 3 aromatic rings. The normalized spacial score (nSPS) is 11.2. The molecule has 0 saturated heterocycles. The Morgan fingerprint density at radius 2 is 1.86 bits per heavy atom. The molecule has 0 atom stereocenters. The summed E-state index contributed by atoms with van der Waals surface area (Å²) in [4.78, 5) is 9.34. The van der Waals surface area contributed by atoms with Crippen LogP contribution in [0, 0.1) is 0 Å². The summed E-state index contributed by atoms with van der Waals surface area (Å²) in [6.07, 6.45) is 0. The molecule has 3 rings (SSSR count). The van der Waals surface area contributed by atoms with Crippen molar-refractivity contribution in [2.45, 2.75) is 13.5 Å². The average molecular weight is 397 g/mol. The third-order valence-electron chi connectivity index (χ3n) is 3.96. The summed E-state index contributed by atoms with van der Waals surface area (Å²) in [7, 11) is 3.24. The Bertz CT molecular complexity index is 925. The van der Waals surface area contributed by atoms with Crippen molar-refractivity contribution >= 4 is 23.0 Å². The van der Waals surface area contributed by atoms with E-state index in [9.17, 15) is 0 Å². The molecular formula is C21H24N4O2S. The quantitative estimate of drug-likeness (QED) is 0.457. The van der Waals surface area contributed by atoms with Crippen molar-refractivity contribution in [2.75, 3.05) is 26.1 Å². The number of hydrogen-bond donors (Lipinski definition) is 2. The first-order valence-electron chi connectivity index (χ1n) is 9.00. The van der Waals surface area contributed by atoms with Crippen LogP contribution in [0.15, 0.2) is 58.9 Å². The summed E-state index contributed by atoms with van der Waals surface area (Å²) in [5.41, 5.74) is 2.92. The maximum Gasteiger partial charge on any atom is 0.196 e. The molecule has 2 N–H and O–H groups in total. The van der Waals surface area contributed by atoms with Crippen molar-refractivity contribution < 1.29 is 9.47 Å². The Morgan fingerprint density at radius 1 is 1.07 bits per heavy atom. The number of anilines is 1. The topological polar surface area (TPSA) is 67.8 Å². The Balaban J connectivity index is 1.72. The van der Waals surface area contributed by atoms with Crippen molar-refractivity contribution in [3.8, 4) is 22.1 Å². The summed E-state index contributed by atoms with van der Waals surface area (Å²) in [5, 5.41) is 9.59. The van der Waals surface area contributed by atoms with Crippen molar-refractivity contribution in [2.24, 2.45) is 4.99 Å². The highest BCUT2D eigenvalue weighted by Crippen LogP contribution is 2.29. The van der Waals surface area contributed by atoms with Gasteiger partial charge in [-0.3, -0.25) is 0 Å². The summed E-state index contributed by atoms with van der Waals surface area (Å²) >= 11 is 1.63. The van der Waals surface area contributed by atoms with Gasteiger partial charge >= 0.3 is 0 Å². The lowest BCUT2D eigenvalue weighted by atomic mass is 10.2. The van der Waals surface area contributed by atoms with E-state index in [-0.39, 0.29) is 0 Å². The summed E-state index contributed by atoms with van der Waals surface area (Å²) in [5.74, 6) is 2.03. The molecule has 1 heterocycles. The molecule has 1 aromatic heterocycles. The van der Waals surface area contributed by atoms with Crippen LogP contribution in [-0.4, -0.2) is 31.7 Å². The van der Waals surface area contributed by atoms with E-state index in [1.807, 2.05) is 48.7 Å². The third-order valence-corrected chi connectivity index (χ3v) is 4.90. The maximum absolute atomic E-state index is 5.36. The number of thiazole rings is 1. The number of guanidine groups is 1. The molecule has 0 amide bonds. The van der Waals surface area contributed by atoms with Crippen LogP contribution in [0.4, 0.5) is 5.69 Å². The lowest BCUT2D eigenvalue weighted by Gasteiger charge is -2.13. The lowest BCUT2D eigenvalue weighted by Crippen LogP contribution is -2.30. The first-order chi connectivity index (χ1) is 13.7. The maximum atomic E-state index is 5.36. The Labute approximate surface area is 169 Å². The molecular weight excluding hydrogens is 372 g/mol. The van der Waals surface area contributed by atoms with Crippen molar-refractivity contribution in [3.63, 3.8) is 0 Å². The highest BCUT2D eigenvalue weighted by Gasteiger charge is 2.07. The van der Waals surface area contributed by atoms with Gasteiger partial charge in [-0.1, -0.05) is 30.3 Å². The number of ether oxygens (including phenoxy) is 2. The van der Waals surface area contributed by atoms with Crippen LogP contribution >= 0.6 is 11.3 Å². The second kappa shape index (κ2) is 9.75. The van der Waals surface area contributed by atoms with E-state index >= 15 is 0 Å². The first kappa shape index (κ1) is 19.7. The Hall–Kier alpha value is -3.06. The molecule has 28 heavy (non-hydrogen) atoms. The van der Waals surface area contributed by atoms with Gasteiger partial charge in [-0.05, 0) is 19.1 Å². The van der Waals surface area contributed by atoms with Gasteiger partial charge in [0.05, 0.1) is 26.5 Å². The average Bonchev–Trinajstić information content (AvgIpc) is 3.22. The van der Waals surface area contributed by atoms with Crippen molar-refractivity contribution in [1.82, 2.24) is 10.3 Å². The summed E-state index contributed by atoms with van der Waals surface area (Å²) in [6, 6.07) is 15.8. The molecule has 0 radical (unpaired) electrons. The zero-order valence-corrected chi connectivity index (χ0v) is 17.0. The van der Waals surface area contributed by atoms with Gasteiger partial charge in [0.15, 0.2) is 17.5 Å². The lowest BCUT2D eigenvalue weighted by molar-refractivity contribution is 0.355. The number of aromatic nitrogens is 1. The first-order valence-corrected chi connectivity index (χ1v) is 9.88. The highest BCUT2D eigenvalue weighted by molar-refractivity contribution is 7.13. The number of methoxy groups -OCH3 is 2. The molecule has 146 valence electrons. The molecule has 0 unspecified atom stereocenters. The van der Waals surface area contributed by atoms with Crippen LogP contribution in [-0.2, 0) is 6.54 Å². The van der Waals surface area contributed by atoms with E-state index in [4.69, 9.17) is 9.47 Å². The molecule has 0 spiro atoms. The summed E-state index contributed by atoms with van der Waals surface area (Å²) < 4.78 is 10.6. The predicted octanol–water partition coefficient (Wildman–Crippen LogP) is 4.40. The van der Waals surface area contributed by atoms with Gasteiger partial charge in [0.2, 0.25) is 0 Å². The number of nitrogens with zero attached hydrogens (tertiary/aromatic N) is 2. The minimum absolute atomic E-state index is 0.492. The van der Waals surface area contributed by atoms with E-state index in [1.165, 1.54) is 0 Å². The number of aliphatic imine (C=N–C) groups is 1. The van der Waals surface area contributed by atoms with Crippen molar-refractivity contribution in [3.05, 3.63) is 59.6 Å². The van der Waals surface area contributed by atoms with Crippen LogP contribution in [0.1, 0.15) is 12.6 Å². The van der Waals surface area contributed by atoms with Gasteiger partial charge in [0.1, 0.15) is 5.01 Å². The standard InChI is InChI=1S/C21H24N4O2S/c1-4-22-21(25-16-10-11-18(26-2)19(12-16)27-3)23-13-17-14-28-20(24-17)15-8-6-5-7-9-15/h5-12,14H,4,13H2,1-3H3,(H2,22,23,25). The molecule has 0 aliphatic rings. The summed E-state index contributed by atoms with van der Waals surface area (Å²) in [6.45, 7) is 3.28. The SMILES string of the molecule is CCNC(=NCc1csc(-c2ccccc2)n1)Nc1ccc(OC)c(OC)c1. The molecule has 0 aliphatic heterocycles. The minimum Gasteiger partial charge on any atom is -0.493 e. The van der Waals surface area contributed by atoms with E-state index in [1.54, 1.807) is 25.6 Å². The van der Waals surface area contributed by atoms with Gasteiger partial charge in [-0.15, -0.1) is 11.3 Å². The zero-order valence-electron chi connectivity index (χ0n) is 16.2. The monoisotopic (exact) mass is 396 g/mol. The second-order valence-corrected chi connectivity index (χ2v) is 6.76. The smallest absolute Gasteiger partial charge is 0.196 e. The zero-order chi connectivity index (χ0) is 19.8. The molecule has 0 fully saturated rings. The van der Waals surface area contributed by atoms with Crippen LogP contribution in [0.3, 0.4) is 0 Å². The number of nitrogens with one attached hydrogen (secondary N) is 2. The molecule has 6 nitrogen and oxygen atoms in total. The molecule has 0 aliphatic carbocycles. The van der Waals surface area contributed by atoms with Gasteiger partial charge in [-0.25, -0.2) is 9.98 Å². The van der Waals surface area contributed by atoms with E-state index in [2.05, 4.69) is 32.7 Å². The van der Waals surface area contributed by atoms with Gasteiger partial charge in [-0.2, -0.15) is 0 Å².